The lowest BCUT2D eigenvalue weighted by Gasteiger charge is -2.43. The Hall–Kier alpha value is -2.76. The molecule has 2 aliphatic rings. The van der Waals surface area contributed by atoms with Crippen molar-refractivity contribution in [2.24, 2.45) is 0 Å². The first kappa shape index (κ1) is 31.2. The summed E-state index contributed by atoms with van der Waals surface area (Å²) in [6.07, 6.45) is 3.61. The molecule has 4 heterocycles. The molecular formula is C32H37N5O4S2Si. The molecule has 9 nitrogen and oxygen atoms in total. The SMILES string of the molecule is CSc1nc(SC)c2ncc(C3(C#N)O[C@H](CO[Si](c4ccccc4)(c4ccccc4)C(C)(C)C)[C@H]4OC(C)(C)O[C@H]43)n2n1. The van der Waals surface area contributed by atoms with Crippen LogP contribution in [-0.2, 0) is 24.2 Å². The maximum atomic E-state index is 10.9. The van der Waals surface area contributed by atoms with Crippen LogP contribution in [0.25, 0.3) is 5.65 Å². The van der Waals surface area contributed by atoms with Gasteiger partial charge in [-0.15, -0.1) is 16.9 Å². The van der Waals surface area contributed by atoms with Crippen molar-refractivity contribution in [2.75, 3.05) is 19.1 Å². The van der Waals surface area contributed by atoms with Crippen LogP contribution in [0.5, 0.6) is 0 Å². The molecule has 4 aromatic rings. The molecule has 0 aliphatic carbocycles. The first-order valence-corrected chi connectivity index (χ1v) is 18.9. The number of benzene rings is 2. The molecule has 6 rings (SSSR count). The van der Waals surface area contributed by atoms with Gasteiger partial charge in [-0.3, -0.25) is 0 Å². The number of ether oxygens (including phenoxy) is 3. The molecule has 2 saturated heterocycles. The van der Waals surface area contributed by atoms with E-state index in [0.717, 1.165) is 10.4 Å². The van der Waals surface area contributed by atoms with E-state index < -0.39 is 38.0 Å². The van der Waals surface area contributed by atoms with E-state index in [1.807, 2.05) is 38.5 Å². The standard InChI is InChI=1S/C32H37N5O4S2Si/c1-30(2,3)44(21-14-10-8-11-15-21,22-16-12-9-13-17-22)38-19-23-25-26(41-31(4,5)40-25)32(20-33,39-23)24-18-34-27-28(42-6)35-29(43-7)36-37(24)27/h8-18,23,25-26H,19H2,1-7H3/t23-,25-,26-,32?/m1/s1. The summed E-state index contributed by atoms with van der Waals surface area (Å²) in [7, 11) is -2.89. The fraction of sp³-hybridized carbons (Fsp3) is 0.438. The highest BCUT2D eigenvalue weighted by Crippen LogP contribution is 2.50. The average molecular weight is 648 g/mol. The van der Waals surface area contributed by atoms with Crippen molar-refractivity contribution in [3.05, 3.63) is 72.6 Å². The Bertz CT molecular complexity index is 1650. The Morgan fingerprint density at radius 3 is 2.16 bits per heavy atom. The summed E-state index contributed by atoms with van der Waals surface area (Å²) in [5.41, 5.74) is -0.505. The van der Waals surface area contributed by atoms with Crippen LogP contribution in [0.4, 0.5) is 0 Å². The molecule has 0 N–H and O–H groups in total. The van der Waals surface area contributed by atoms with Crippen molar-refractivity contribution < 1.29 is 18.6 Å². The van der Waals surface area contributed by atoms with Crippen LogP contribution in [-0.4, -0.2) is 71.1 Å². The number of aromatic nitrogens is 4. The smallest absolute Gasteiger partial charge is 0.261 e. The number of nitrogens with zero attached hydrogens (tertiary/aromatic N) is 5. The third-order valence-electron chi connectivity index (χ3n) is 8.35. The summed E-state index contributed by atoms with van der Waals surface area (Å²) in [5, 5.41) is 19.0. The number of hydrogen-bond acceptors (Lipinski definition) is 10. The highest BCUT2D eigenvalue weighted by Gasteiger charge is 2.66. The minimum atomic E-state index is -2.89. The van der Waals surface area contributed by atoms with E-state index in [-0.39, 0.29) is 11.6 Å². The van der Waals surface area contributed by atoms with Crippen molar-refractivity contribution in [2.45, 2.75) is 79.5 Å². The first-order chi connectivity index (χ1) is 21.0. The van der Waals surface area contributed by atoms with Crippen molar-refractivity contribution in [1.29, 1.82) is 5.26 Å². The number of imidazole rings is 1. The molecule has 2 fully saturated rings. The first-order valence-electron chi connectivity index (χ1n) is 14.5. The molecule has 0 radical (unpaired) electrons. The average Bonchev–Trinajstić information content (AvgIpc) is 3.67. The third kappa shape index (κ3) is 4.99. The minimum Gasteiger partial charge on any atom is -0.405 e. The molecule has 230 valence electrons. The van der Waals surface area contributed by atoms with Crippen LogP contribution in [0.1, 0.15) is 40.3 Å². The zero-order valence-corrected chi connectivity index (χ0v) is 28.6. The predicted octanol–water partition coefficient (Wildman–Crippen LogP) is 4.78. The summed E-state index contributed by atoms with van der Waals surface area (Å²) in [5.74, 6) is -0.929. The third-order valence-corrected chi connectivity index (χ3v) is 14.6. The fourth-order valence-electron chi connectivity index (χ4n) is 6.51. The van der Waals surface area contributed by atoms with Gasteiger partial charge in [0, 0.05) is 0 Å². The van der Waals surface area contributed by atoms with E-state index in [4.69, 9.17) is 23.7 Å². The molecular weight excluding hydrogens is 611 g/mol. The van der Waals surface area contributed by atoms with E-state index in [2.05, 4.69) is 85.3 Å². The Morgan fingerprint density at radius 1 is 0.977 bits per heavy atom. The molecule has 2 aromatic carbocycles. The van der Waals surface area contributed by atoms with Gasteiger partial charge in [0.2, 0.25) is 10.8 Å². The van der Waals surface area contributed by atoms with Crippen LogP contribution in [0.15, 0.2) is 77.0 Å². The second kappa shape index (κ2) is 11.5. The summed E-state index contributed by atoms with van der Waals surface area (Å²) < 4.78 is 28.6. The van der Waals surface area contributed by atoms with Crippen LogP contribution in [0.3, 0.4) is 0 Å². The normalized spacial score (nSPS) is 24.8. The summed E-state index contributed by atoms with van der Waals surface area (Å²) in [4.78, 5) is 9.24. The van der Waals surface area contributed by atoms with Gasteiger partial charge in [0.1, 0.15) is 35.1 Å². The molecule has 0 bridgehead atoms. The second-order valence-electron chi connectivity index (χ2n) is 12.5. The molecule has 4 atom stereocenters. The van der Waals surface area contributed by atoms with Gasteiger partial charge < -0.3 is 18.6 Å². The lowest BCUT2D eigenvalue weighted by atomic mass is 9.93. The second-order valence-corrected chi connectivity index (χ2v) is 18.4. The largest absolute Gasteiger partial charge is 0.405 e. The number of rotatable bonds is 8. The molecule has 0 spiro atoms. The summed E-state index contributed by atoms with van der Waals surface area (Å²) >= 11 is 2.90. The van der Waals surface area contributed by atoms with Crippen LogP contribution in [0.2, 0.25) is 5.04 Å². The van der Waals surface area contributed by atoms with Crippen molar-refractivity contribution in [3.63, 3.8) is 0 Å². The Morgan fingerprint density at radius 2 is 1.61 bits per heavy atom. The van der Waals surface area contributed by atoms with Gasteiger partial charge in [-0.25, -0.2) is 14.5 Å². The number of fused-ring (bicyclic) bond motifs is 2. The Kier molecular flexibility index (Phi) is 8.20. The van der Waals surface area contributed by atoms with Gasteiger partial charge in [-0.05, 0) is 41.8 Å². The maximum Gasteiger partial charge on any atom is 0.261 e. The molecule has 0 saturated carbocycles. The van der Waals surface area contributed by atoms with Crippen molar-refractivity contribution in [3.8, 4) is 6.07 Å². The molecule has 1 unspecified atom stereocenters. The molecule has 12 heteroatoms. The highest BCUT2D eigenvalue weighted by atomic mass is 32.2. The lowest BCUT2D eigenvalue weighted by molar-refractivity contribution is -0.204. The summed E-state index contributed by atoms with van der Waals surface area (Å²) in [6, 6.07) is 23.4. The van der Waals surface area contributed by atoms with Gasteiger partial charge in [0.25, 0.3) is 8.32 Å². The molecule has 2 aromatic heterocycles. The highest BCUT2D eigenvalue weighted by molar-refractivity contribution is 7.99. The monoisotopic (exact) mass is 647 g/mol. The minimum absolute atomic E-state index is 0.204. The van der Waals surface area contributed by atoms with Crippen molar-refractivity contribution in [1.82, 2.24) is 19.6 Å². The van der Waals surface area contributed by atoms with E-state index in [9.17, 15) is 5.26 Å². The maximum absolute atomic E-state index is 10.9. The molecule has 2 aliphatic heterocycles. The van der Waals surface area contributed by atoms with Crippen LogP contribution in [0, 0.1) is 11.3 Å². The fourth-order valence-corrected chi connectivity index (χ4v) is 12.0. The van der Waals surface area contributed by atoms with Gasteiger partial charge in [0.15, 0.2) is 11.4 Å². The Labute approximate surface area is 267 Å². The van der Waals surface area contributed by atoms with Gasteiger partial charge in [-0.1, -0.05) is 93.2 Å². The molecule has 0 amide bonds. The van der Waals surface area contributed by atoms with Crippen LogP contribution < -0.4 is 10.4 Å². The van der Waals surface area contributed by atoms with E-state index in [1.165, 1.54) is 23.5 Å². The molecule has 44 heavy (non-hydrogen) atoms. The Balaban J connectivity index is 1.45. The van der Waals surface area contributed by atoms with Crippen LogP contribution >= 0.6 is 23.5 Å². The topological polar surface area (TPSA) is 104 Å². The van der Waals surface area contributed by atoms with E-state index in [0.29, 0.717) is 21.5 Å². The number of hydrogen-bond donors (Lipinski definition) is 0. The van der Waals surface area contributed by atoms with E-state index in [1.54, 1.807) is 10.7 Å². The van der Waals surface area contributed by atoms with Crippen molar-refractivity contribution >= 4 is 47.9 Å². The van der Waals surface area contributed by atoms with Gasteiger partial charge in [-0.2, -0.15) is 5.26 Å². The predicted molar refractivity (Wildman–Crippen MR) is 174 cm³/mol. The van der Waals surface area contributed by atoms with Gasteiger partial charge in [0.05, 0.1) is 12.8 Å². The summed E-state index contributed by atoms with van der Waals surface area (Å²) in [6.45, 7) is 10.6. The number of nitriles is 1. The van der Waals surface area contributed by atoms with Gasteiger partial charge >= 0.3 is 0 Å². The number of thioether (sulfide) groups is 2. The van der Waals surface area contributed by atoms with E-state index >= 15 is 0 Å². The zero-order valence-electron chi connectivity index (χ0n) is 26.0. The lowest BCUT2D eigenvalue weighted by Crippen LogP contribution is -2.67. The zero-order chi connectivity index (χ0) is 31.3. The quantitative estimate of drug-likeness (QED) is 0.196.